The lowest BCUT2D eigenvalue weighted by atomic mass is 10.1. The number of benzene rings is 2. The van der Waals surface area contributed by atoms with Gasteiger partial charge in [-0.2, -0.15) is 0 Å². The molecule has 4 rings (SSSR count). The average molecular weight is 457 g/mol. The van der Waals surface area contributed by atoms with E-state index < -0.39 is 0 Å². The number of nitrogens with zero attached hydrogens (tertiary/aromatic N) is 1. The number of fused-ring (bicyclic) bond motifs is 1. The molecule has 0 bridgehead atoms. The molecule has 1 N–H and O–H groups in total. The average Bonchev–Trinajstić information content (AvgIpc) is 3.24. The molecule has 0 saturated heterocycles. The Hall–Kier alpha value is -3.04. The number of nitrogens with one attached hydrogen (secondary N) is 1. The number of hydrogen-bond acceptors (Lipinski definition) is 8. The maximum atomic E-state index is 12.4. The number of amides is 1. The molecular formula is C22H20N2O5S2. The SMILES string of the molecule is COc1ccc(C(=O)CSc2nc(CC(=O)Nc3ccc4c(c3)OCCO4)cs2)cc1. The van der Waals surface area contributed by atoms with Gasteiger partial charge in [0.15, 0.2) is 21.6 Å². The minimum atomic E-state index is -0.173. The van der Waals surface area contributed by atoms with Crippen LogP contribution in [-0.2, 0) is 11.2 Å². The molecule has 1 aliphatic heterocycles. The number of carbonyl (C=O) groups is 2. The van der Waals surface area contributed by atoms with Crippen molar-refractivity contribution < 1.29 is 23.8 Å². The summed E-state index contributed by atoms with van der Waals surface area (Å²) in [6.07, 6.45) is 0.151. The quantitative estimate of drug-likeness (QED) is 0.404. The molecular weight excluding hydrogens is 436 g/mol. The van der Waals surface area contributed by atoms with Crippen LogP contribution in [0.2, 0.25) is 0 Å². The molecule has 3 aromatic rings. The number of thioether (sulfide) groups is 1. The summed E-state index contributed by atoms with van der Waals surface area (Å²) < 4.78 is 16.9. The number of methoxy groups -OCH3 is 1. The number of ether oxygens (including phenoxy) is 3. The fourth-order valence-electron chi connectivity index (χ4n) is 2.91. The summed E-state index contributed by atoms with van der Waals surface area (Å²) in [6.45, 7) is 1.01. The molecule has 160 valence electrons. The molecule has 1 aromatic heterocycles. The van der Waals surface area contributed by atoms with Crippen molar-refractivity contribution in [3.05, 3.63) is 59.1 Å². The Bertz CT molecular complexity index is 1080. The van der Waals surface area contributed by atoms with Gasteiger partial charge in [-0.3, -0.25) is 9.59 Å². The van der Waals surface area contributed by atoms with Gasteiger partial charge in [0.05, 0.1) is 25.0 Å². The lowest BCUT2D eigenvalue weighted by Gasteiger charge is -2.18. The number of carbonyl (C=O) groups excluding carboxylic acids is 2. The highest BCUT2D eigenvalue weighted by molar-refractivity contribution is 8.01. The Morgan fingerprint density at radius 1 is 1.13 bits per heavy atom. The third kappa shape index (κ3) is 5.56. The van der Waals surface area contributed by atoms with Gasteiger partial charge in [-0.15, -0.1) is 11.3 Å². The third-order valence-electron chi connectivity index (χ3n) is 4.44. The minimum Gasteiger partial charge on any atom is -0.497 e. The van der Waals surface area contributed by atoms with E-state index in [9.17, 15) is 9.59 Å². The van der Waals surface area contributed by atoms with E-state index in [1.54, 1.807) is 49.6 Å². The second-order valence-corrected chi connectivity index (χ2v) is 8.71. The molecule has 2 heterocycles. The number of rotatable bonds is 8. The van der Waals surface area contributed by atoms with E-state index in [1.807, 2.05) is 5.38 Å². The predicted octanol–water partition coefficient (Wildman–Crippen LogP) is 4.08. The smallest absolute Gasteiger partial charge is 0.230 e. The maximum absolute atomic E-state index is 12.4. The fraction of sp³-hybridized carbons (Fsp3) is 0.227. The Morgan fingerprint density at radius 3 is 2.68 bits per heavy atom. The Labute approximate surface area is 187 Å². The number of Topliss-reactive ketones (excluding diaryl/α,β-unsaturated/α-hetero) is 1. The van der Waals surface area contributed by atoms with Gasteiger partial charge in [0.1, 0.15) is 19.0 Å². The van der Waals surface area contributed by atoms with Gasteiger partial charge < -0.3 is 19.5 Å². The van der Waals surface area contributed by atoms with E-state index >= 15 is 0 Å². The molecule has 7 nitrogen and oxygen atoms in total. The molecule has 0 atom stereocenters. The van der Waals surface area contributed by atoms with Gasteiger partial charge in [0.25, 0.3) is 0 Å². The predicted molar refractivity (Wildman–Crippen MR) is 120 cm³/mol. The monoisotopic (exact) mass is 456 g/mol. The van der Waals surface area contributed by atoms with E-state index in [2.05, 4.69) is 10.3 Å². The standard InChI is InChI=1S/C22H20N2O5S2/c1-27-17-5-2-14(3-6-17)18(25)13-31-22-24-16(12-30-22)11-21(26)23-15-4-7-19-20(10-15)29-9-8-28-19/h2-7,10,12H,8-9,11,13H2,1H3,(H,23,26). The minimum absolute atomic E-state index is 0.0146. The van der Waals surface area contributed by atoms with Crippen LogP contribution in [0.5, 0.6) is 17.2 Å². The number of anilines is 1. The summed E-state index contributed by atoms with van der Waals surface area (Å²) in [5.74, 6) is 2.13. The number of thiazole rings is 1. The molecule has 0 spiro atoms. The van der Waals surface area contributed by atoms with Crippen LogP contribution in [0.1, 0.15) is 16.1 Å². The molecule has 0 fully saturated rings. The van der Waals surface area contributed by atoms with Gasteiger partial charge in [0.2, 0.25) is 5.91 Å². The van der Waals surface area contributed by atoms with Crippen molar-refractivity contribution in [1.29, 1.82) is 0 Å². The van der Waals surface area contributed by atoms with E-state index in [-0.39, 0.29) is 23.9 Å². The van der Waals surface area contributed by atoms with Crippen molar-refractivity contribution in [2.24, 2.45) is 0 Å². The fourth-order valence-corrected chi connectivity index (χ4v) is 4.65. The highest BCUT2D eigenvalue weighted by Crippen LogP contribution is 2.32. The van der Waals surface area contributed by atoms with E-state index in [0.29, 0.717) is 47.4 Å². The van der Waals surface area contributed by atoms with Crippen LogP contribution < -0.4 is 19.5 Å². The van der Waals surface area contributed by atoms with Crippen molar-refractivity contribution in [3.63, 3.8) is 0 Å². The second kappa shape index (κ2) is 9.84. The van der Waals surface area contributed by atoms with Gasteiger partial charge in [-0.1, -0.05) is 11.8 Å². The van der Waals surface area contributed by atoms with Crippen LogP contribution in [0.15, 0.2) is 52.2 Å². The largest absolute Gasteiger partial charge is 0.497 e. The van der Waals surface area contributed by atoms with Crippen molar-refractivity contribution in [3.8, 4) is 17.2 Å². The zero-order valence-electron chi connectivity index (χ0n) is 16.8. The van der Waals surface area contributed by atoms with Crippen LogP contribution in [0.25, 0.3) is 0 Å². The molecule has 1 amide bonds. The zero-order chi connectivity index (χ0) is 21.6. The molecule has 9 heteroatoms. The highest BCUT2D eigenvalue weighted by Gasteiger charge is 2.14. The lowest BCUT2D eigenvalue weighted by molar-refractivity contribution is -0.115. The Kier molecular flexibility index (Phi) is 6.73. The Morgan fingerprint density at radius 2 is 1.90 bits per heavy atom. The summed E-state index contributed by atoms with van der Waals surface area (Å²) in [4.78, 5) is 29.2. The molecule has 0 unspecified atom stereocenters. The van der Waals surface area contributed by atoms with E-state index in [4.69, 9.17) is 14.2 Å². The molecule has 0 aliphatic carbocycles. The van der Waals surface area contributed by atoms with Gasteiger partial charge in [0, 0.05) is 22.7 Å². The summed E-state index contributed by atoms with van der Waals surface area (Å²) in [5, 5.41) is 4.69. The van der Waals surface area contributed by atoms with Crippen molar-refractivity contribution >= 4 is 40.5 Å². The van der Waals surface area contributed by atoms with E-state index in [0.717, 1.165) is 4.34 Å². The molecule has 0 radical (unpaired) electrons. The number of hydrogen-bond donors (Lipinski definition) is 1. The van der Waals surface area contributed by atoms with Gasteiger partial charge in [-0.05, 0) is 36.4 Å². The van der Waals surface area contributed by atoms with Crippen molar-refractivity contribution in [1.82, 2.24) is 4.98 Å². The lowest BCUT2D eigenvalue weighted by Crippen LogP contribution is -2.17. The summed E-state index contributed by atoms with van der Waals surface area (Å²) in [5.41, 5.74) is 1.94. The van der Waals surface area contributed by atoms with Gasteiger partial charge >= 0.3 is 0 Å². The van der Waals surface area contributed by atoms with Crippen LogP contribution in [0.4, 0.5) is 5.69 Å². The zero-order valence-corrected chi connectivity index (χ0v) is 18.4. The summed E-state index contributed by atoms with van der Waals surface area (Å²) in [7, 11) is 1.59. The first-order valence-electron chi connectivity index (χ1n) is 9.54. The van der Waals surface area contributed by atoms with E-state index in [1.165, 1.54) is 23.1 Å². The number of ketones is 1. The topological polar surface area (TPSA) is 86.8 Å². The van der Waals surface area contributed by atoms with Crippen LogP contribution in [0, 0.1) is 0 Å². The van der Waals surface area contributed by atoms with Gasteiger partial charge in [-0.25, -0.2) is 4.98 Å². The first-order chi connectivity index (χ1) is 15.1. The second-order valence-electron chi connectivity index (χ2n) is 6.63. The Balaban J connectivity index is 1.28. The molecule has 1 aliphatic rings. The normalized spacial score (nSPS) is 12.3. The third-order valence-corrected chi connectivity index (χ3v) is 6.51. The van der Waals surface area contributed by atoms with Crippen LogP contribution >= 0.6 is 23.1 Å². The highest BCUT2D eigenvalue weighted by atomic mass is 32.2. The molecule has 0 saturated carbocycles. The summed E-state index contributed by atoms with van der Waals surface area (Å²) in [6, 6.07) is 12.3. The summed E-state index contributed by atoms with van der Waals surface area (Å²) >= 11 is 2.79. The van der Waals surface area contributed by atoms with Crippen molar-refractivity contribution in [2.75, 3.05) is 31.4 Å². The maximum Gasteiger partial charge on any atom is 0.230 e. The first-order valence-corrected chi connectivity index (χ1v) is 11.4. The number of aromatic nitrogens is 1. The first kappa shape index (κ1) is 21.2. The molecule has 31 heavy (non-hydrogen) atoms. The van der Waals surface area contributed by atoms with Crippen LogP contribution in [-0.4, -0.2) is 42.8 Å². The van der Waals surface area contributed by atoms with Crippen molar-refractivity contribution in [2.45, 2.75) is 10.8 Å². The van der Waals surface area contributed by atoms with Crippen LogP contribution in [0.3, 0.4) is 0 Å². The molecule has 2 aromatic carbocycles.